The maximum Gasteiger partial charge on any atom is 0.277 e. The van der Waals surface area contributed by atoms with Gasteiger partial charge in [0, 0.05) is 49.8 Å². The van der Waals surface area contributed by atoms with Crippen LogP contribution in [0.1, 0.15) is 0 Å². The van der Waals surface area contributed by atoms with Crippen LogP contribution in [0, 0.1) is 0 Å². The van der Waals surface area contributed by atoms with Crippen LogP contribution in [0.3, 0.4) is 0 Å². The van der Waals surface area contributed by atoms with E-state index in [0.29, 0.717) is 24.2 Å². The number of nitrogens with zero attached hydrogens (tertiary/aromatic N) is 5. The number of methoxy groups -OCH3 is 1. The Kier molecular flexibility index (Phi) is 5.95. The van der Waals surface area contributed by atoms with Crippen LogP contribution in [0.5, 0.6) is 5.75 Å². The van der Waals surface area contributed by atoms with Crippen LogP contribution in [0.2, 0.25) is 0 Å². The van der Waals surface area contributed by atoms with Gasteiger partial charge < -0.3 is 23.5 Å². The number of carbonyl (C=O) groups is 1. The molecule has 3 heterocycles. The fourth-order valence-corrected chi connectivity index (χ4v) is 4.75. The van der Waals surface area contributed by atoms with Gasteiger partial charge in [-0.25, -0.2) is 0 Å². The van der Waals surface area contributed by atoms with Gasteiger partial charge in [-0.2, -0.15) is 0 Å². The number of rotatable bonds is 6. The molecular formula is C24H25N5O3S. The fraction of sp³-hybridized carbons (Fsp3) is 0.292. The van der Waals surface area contributed by atoms with E-state index in [1.165, 1.54) is 11.8 Å². The molecule has 1 amide bonds. The lowest BCUT2D eigenvalue weighted by Gasteiger charge is -2.36. The van der Waals surface area contributed by atoms with Crippen molar-refractivity contribution in [1.29, 1.82) is 0 Å². The van der Waals surface area contributed by atoms with Crippen LogP contribution >= 0.6 is 11.8 Å². The number of thioether (sulfide) groups is 1. The van der Waals surface area contributed by atoms with Gasteiger partial charge in [-0.1, -0.05) is 30.0 Å². The highest BCUT2D eigenvalue weighted by Crippen LogP contribution is 2.28. The van der Waals surface area contributed by atoms with Crippen LogP contribution in [0.4, 0.5) is 5.69 Å². The fourth-order valence-electron chi connectivity index (χ4n) is 4.09. The third kappa shape index (κ3) is 4.41. The Labute approximate surface area is 196 Å². The normalized spacial score (nSPS) is 14.1. The maximum absolute atomic E-state index is 12.7. The van der Waals surface area contributed by atoms with Crippen LogP contribution < -0.4 is 9.64 Å². The number of aryl methyl sites for hydroxylation is 1. The van der Waals surface area contributed by atoms with Gasteiger partial charge in [0.1, 0.15) is 11.4 Å². The third-order valence-electron chi connectivity index (χ3n) is 5.97. The lowest BCUT2D eigenvalue weighted by molar-refractivity contribution is -0.128. The molecule has 1 fully saturated rings. The number of benzene rings is 2. The van der Waals surface area contributed by atoms with E-state index in [1.807, 2.05) is 46.8 Å². The van der Waals surface area contributed by atoms with Gasteiger partial charge in [0.25, 0.3) is 11.1 Å². The predicted octanol–water partition coefficient (Wildman–Crippen LogP) is 3.68. The molecule has 8 nitrogen and oxygen atoms in total. The van der Waals surface area contributed by atoms with Crippen LogP contribution in [0.25, 0.3) is 22.5 Å². The van der Waals surface area contributed by atoms with Crippen molar-refractivity contribution in [3.8, 4) is 17.3 Å². The summed E-state index contributed by atoms with van der Waals surface area (Å²) in [6, 6.07) is 18.2. The number of ether oxygens (including phenoxy) is 1. The molecule has 0 N–H and O–H groups in total. The Bertz CT molecular complexity index is 1260. The second-order valence-electron chi connectivity index (χ2n) is 7.88. The molecular weight excluding hydrogens is 438 g/mol. The van der Waals surface area contributed by atoms with E-state index in [0.717, 1.165) is 41.1 Å². The van der Waals surface area contributed by atoms with E-state index in [1.54, 1.807) is 7.11 Å². The minimum absolute atomic E-state index is 0.0822. The number of amides is 1. The molecule has 170 valence electrons. The number of anilines is 1. The predicted molar refractivity (Wildman–Crippen MR) is 129 cm³/mol. The van der Waals surface area contributed by atoms with Crippen molar-refractivity contribution in [2.24, 2.45) is 7.05 Å². The van der Waals surface area contributed by atoms with Crippen molar-refractivity contribution in [3.63, 3.8) is 0 Å². The summed E-state index contributed by atoms with van der Waals surface area (Å²) in [5, 5.41) is 9.84. The lowest BCUT2D eigenvalue weighted by Crippen LogP contribution is -2.49. The average molecular weight is 464 g/mol. The number of para-hydroxylation sites is 1. The van der Waals surface area contributed by atoms with Crippen molar-refractivity contribution in [1.82, 2.24) is 19.7 Å². The van der Waals surface area contributed by atoms with E-state index in [2.05, 4.69) is 39.4 Å². The zero-order chi connectivity index (χ0) is 22.8. The van der Waals surface area contributed by atoms with Crippen molar-refractivity contribution in [3.05, 3.63) is 54.6 Å². The molecule has 4 aromatic rings. The molecule has 5 rings (SSSR count). The summed E-state index contributed by atoms with van der Waals surface area (Å²) in [6.07, 6.45) is 0. The highest BCUT2D eigenvalue weighted by Gasteiger charge is 2.22. The minimum Gasteiger partial charge on any atom is -0.497 e. The van der Waals surface area contributed by atoms with E-state index in [-0.39, 0.29) is 11.7 Å². The van der Waals surface area contributed by atoms with Gasteiger partial charge in [-0.05, 0) is 36.4 Å². The summed E-state index contributed by atoms with van der Waals surface area (Å²) in [5.41, 5.74) is 3.10. The number of piperazine rings is 1. The molecule has 2 aromatic heterocycles. The summed E-state index contributed by atoms with van der Waals surface area (Å²) < 4.78 is 13.1. The Balaban J connectivity index is 1.16. The van der Waals surface area contributed by atoms with Gasteiger partial charge in [-0.15, -0.1) is 10.2 Å². The SMILES string of the molecule is COc1ccc(N2CCN(C(=O)CSc3nnc(-c4cc5ccccc5n4C)o3)CC2)cc1. The van der Waals surface area contributed by atoms with Crippen molar-refractivity contribution >= 4 is 34.3 Å². The molecule has 0 radical (unpaired) electrons. The van der Waals surface area contributed by atoms with Crippen LogP contribution in [-0.4, -0.2) is 64.6 Å². The van der Waals surface area contributed by atoms with E-state index >= 15 is 0 Å². The van der Waals surface area contributed by atoms with Crippen LogP contribution in [-0.2, 0) is 11.8 Å². The molecule has 9 heteroatoms. The molecule has 1 saturated heterocycles. The van der Waals surface area contributed by atoms with Crippen molar-refractivity contribution in [2.45, 2.75) is 5.22 Å². The quantitative estimate of drug-likeness (QED) is 0.404. The van der Waals surface area contributed by atoms with Gasteiger partial charge in [0.15, 0.2) is 0 Å². The summed E-state index contributed by atoms with van der Waals surface area (Å²) >= 11 is 1.28. The number of hydrogen-bond acceptors (Lipinski definition) is 7. The van der Waals surface area contributed by atoms with Gasteiger partial charge in [0.2, 0.25) is 5.91 Å². The monoisotopic (exact) mass is 463 g/mol. The van der Waals surface area contributed by atoms with Crippen molar-refractivity contribution in [2.75, 3.05) is 43.9 Å². The molecule has 0 atom stereocenters. The molecule has 0 aliphatic carbocycles. The summed E-state index contributed by atoms with van der Waals surface area (Å²) in [4.78, 5) is 16.9. The molecule has 33 heavy (non-hydrogen) atoms. The van der Waals surface area contributed by atoms with Crippen molar-refractivity contribution < 1.29 is 13.9 Å². The molecule has 2 aromatic carbocycles. The first-order chi connectivity index (χ1) is 16.1. The topological polar surface area (TPSA) is 76.6 Å². The average Bonchev–Trinajstić information content (AvgIpc) is 3.47. The Morgan fingerprint density at radius 3 is 2.55 bits per heavy atom. The minimum atomic E-state index is 0.0822. The first-order valence-corrected chi connectivity index (χ1v) is 11.8. The Hall–Kier alpha value is -3.46. The van der Waals surface area contributed by atoms with Crippen LogP contribution in [0.15, 0.2) is 64.2 Å². The number of aromatic nitrogens is 3. The maximum atomic E-state index is 12.7. The number of hydrogen-bond donors (Lipinski definition) is 0. The Morgan fingerprint density at radius 1 is 1.06 bits per heavy atom. The van der Waals surface area contributed by atoms with E-state index in [4.69, 9.17) is 9.15 Å². The highest BCUT2D eigenvalue weighted by atomic mass is 32.2. The van der Waals surface area contributed by atoms with Gasteiger partial charge >= 0.3 is 0 Å². The van der Waals surface area contributed by atoms with Gasteiger partial charge in [-0.3, -0.25) is 4.79 Å². The highest BCUT2D eigenvalue weighted by molar-refractivity contribution is 7.99. The standard InChI is InChI=1S/C24H25N5O3S/c1-27-20-6-4-3-5-17(20)15-21(27)23-25-26-24(32-23)33-16-22(30)29-13-11-28(12-14-29)18-7-9-19(31-2)10-8-18/h3-10,15H,11-14,16H2,1-2H3. The molecule has 0 spiro atoms. The Morgan fingerprint density at radius 2 is 1.82 bits per heavy atom. The smallest absolute Gasteiger partial charge is 0.277 e. The molecule has 0 bridgehead atoms. The molecule has 1 aliphatic rings. The van der Waals surface area contributed by atoms with E-state index < -0.39 is 0 Å². The second kappa shape index (κ2) is 9.19. The first kappa shape index (κ1) is 21.4. The van der Waals surface area contributed by atoms with E-state index in [9.17, 15) is 4.79 Å². The zero-order valence-electron chi connectivity index (χ0n) is 18.6. The summed E-state index contributed by atoms with van der Waals surface area (Å²) in [5.74, 6) is 1.66. The summed E-state index contributed by atoms with van der Waals surface area (Å²) in [6.45, 7) is 2.98. The third-order valence-corrected chi connectivity index (χ3v) is 6.77. The zero-order valence-corrected chi connectivity index (χ0v) is 19.4. The lowest BCUT2D eigenvalue weighted by atomic mass is 10.2. The first-order valence-electron chi connectivity index (χ1n) is 10.8. The summed E-state index contributed by atoms with van der Waals surface area (Å²) in [7, 11) is 3.64. The number of carbonyl (C=O) groups excluding carboxylic acids is 1. The molecule has 0 unspecified atom stereocenters. The van der Waals surface area contributed by atoms with Gasteiger partial charge in [0.05, 0.1) is 12.9 Å². The molecule has 0 saturated carbocycles. The second-order valence-corrected chi connectivity index (χ2v) is 8.80. The molecule has 1 aliphatic heterocycles. The number of fused-ring (bicyclic) bond motifs is 1. The largest absolute Gasteiger partial charge is 0.497 e.